The Hall–Kier alpha value is -3.38. The Bertz CT molecular complexity index is 1200. The van der Waals surface area contributed by atoms with E-state index in [-0.39, 0.29) is 30.5 Å². The molecule has 2 heterocycles. The van der Waals surface area contributed by atoms with E-state index in [4.69, 9.17) is 11.6 Å². The minimum Gasteiger partial charge on any atom is -0.328 e. The number of nitrogens with zero attached hydrogens (tertiary/aromatic N) is 4. The molecule has 2 aromatic heterocycles. The summed E-state index contributed by atoms with van der Waals surface area (Å²) in [6.45, 7) is 2.46. The number of carbonyl (C=O) groups excluding carboxylic acids is 1. The molecule has 7 heteroatoms. The van der Waals surface area contributed by atoms with Crippen molar-refractivity contribution in [3.63, 3.8) is 0 Å². The summed E-state index contributed by atoms with van der Waals surface area (Å²) in [7, 11) is 0. The van der Waals surface area contributed by atoms with Gasteiger partial charge in [0, 0.05) is 36.4 Å². The number of benzene rings is 2. The smallest absolute Gasteiger partial charge is 0.274 e. The van der Waals surface area contributed by atoms with E-state index in [9.17, 15) is 9.18 Å². The van der Waals surface area contributed by atoms with Gasteiger partial charge >= 0.3 is 0 Å². The summed E-state index contributed by atoms with van der Waals surface area (Å²) >= 11 is 6.47. The van der Waals surface area contributed by atoms with Crippen molar-refractivity contribution in [3.8, 4) is 0 Å². The van der Waals surface area contributed by atoms with Gasteiger partial charge in [-0.15, -0.1) is 0 Å². The zero-order chi connectivity index (χ0) is 21.1. The summed E-state index contributed by atoms with van der Waals surface area (Å²) in [6, 6.07) is 13.9. The molecule has 0 spiro atoms. The van der Waals surface area contributed by atoms with Crippen LogP contribution in [0.3, 0.4) is 0 Å². The van der Waals surface area contributed by atoms with Crippen molar-refractivity contribution >= 4 is 28.4 Å². The number of hydrogen-bond acceptors (Lipinski definition) is 4. The fourth-order valence-corrected chi connectivity index (χ4v) is 3.46. The van der Waals surface area contributed by atoms with Gasteiger partial charge < -0.3 is 4.90 Å². The average molecular weight is 421 g/mol. The van der Waals surface area contributed by atoms with Gasteiger partial charge in [-0.2, -0.15) is 0 Å². The molecular formula is C23H18ClFN4O. The van der Waals surface area contributed by atoms with Crippen LogP contribution in [0.5, 0.6) is 0 Å². The van der Waals surface area contributed by atoms with Gasteiger partial charge in [0.2, 0.25) is 0 Å². The lowest BCUT2D eigenvalue weighted by Gasteiger charge is -2.23. The fraction of sp³-hybridized carbons (Fsp3) is 0.130. The van der Waals surface area contributed by atoms with E-state index in [1.165, 1.54) is 30.7 Å². The molecule has 0 fully saturated rings. The minimum atomic E-state index is -0.331. The predicted octanol–water partition coefficient (Wildman–Crippen LogP) is 4.97. The highest BCUT2D eigenvalue weighted by Gasteiger charge is 2.20. The van der Waals surface area contributed by atoms with E-state index >= 15 is 0 Å². The third kappa shape index (κ3) is 4.28. The fourth-order valence-electron chi connectivity index (χ4n) is 3.27. The van der Waals surface area contributed by atoms with E-state index in [2.05, 4.69) is 15.0 Å². The lowest BCUT2D eigenvalue weighted by Crippen LogP contribution is -2.31. The highest BCUT2D eigenvalue weighted by molar-refractivity contribution is 6.30. The van der Waals surface area contributed by atoms with Gasteiger partial charge in [-0.05, 0) is 36.2 Å². The molecule has 0 N–H and O–H groups in total. The van der Waals surface area contributed by atoms with Gasteiger partial charge in [0.1, 0.15) is 16.7 Å². The number of pyridine rings is 1. The molecule has 5 nitrogen and oxygen atoms in total. The summed E-state index contributed by atoms with van der Waals surface area (Å²) in [6.07, 6.45) is 4.40. The Labute approximate surface area is 178 Å². The van der Waals surface area contributed by atoms with Gasteiger partial charge in [0.15, 0.2) is 0 Å². The first kappa shape index (κ1) is 19.9. The number of rotatable bonds is 5. The minimum absolute atomic E-state index is 0.223. The van der Waals surface area contributed by atoms with E-state index < -0.39 is 0 Å². The molecule has 0 atom stereocenters. The predicted molar refractivity (Wildman–Crippen MR) is 113 cm³/mol. The van der Waals surface area contributed by atoms with E-state index in [0.717, 1.165) is 22.0 Å². The maximum absolute atomic E-state index is 13.3. The molecule has 0 saturated heterocycles. The standard InChI is InChI=1S/C23H18ClFN4O/c1-15-3-2-4-17-11-18(22(24)28-21(15)17)14-29(13-16-5-7-19(25)8-6-16)23(30)20-12-26-9-10-27-20/h2-12H,13-14H2,1H3. The number of aromatic nitrogens is 3. The van der Waals surface area contributed by atoms with Crippen molar-refractivity contribution < 1.29 is 9.18 Å². The van der Waals surface area contributed by atoms with Gasteiger partial charge in [-0.3, -0.25) is 9.78 Å². The second-order valence-electron chi connectivity index (χ2n) is 6.96. The maximum Gasteiger partial charge on any atom is 0.274 e. The topological polar surface area (TPSA) is 59.0 Å². The molecular weight excluding hydrogens is 403 g/mol. The monoisotopic (exact) mass is 420 g/mol. The summed E-state index contributed by atoms with van der Waals surface area (Å²) in [5, 5.41) is 1.29. The van der Waals surface area contributed by atoms with Crippen LogP contribution in [0, 0.1) is 12.7 Å². The zero-order valence-electron chi connectivity index (χ0n) is 16.2. The normalized spacial score (nSPS) is 10.9. The van der Waals surface area contributed by atoms with Crippen LogP contribution in [0.1, 0.15) is 27.2 Å². The Morgan fingerprint density at radius 3 is 2.63 bits per heavy atom. The van der Waals surface area contributed by atoms with Crippen molar-refractivity contribution in [1.29, 1.82) is 0 Å². The van der Waals surface area contributed by atoms with Crippen LogP contribution >= 0.6 is 11.6 Å². The molecule has 0 radical (unpaired) electrons. The van der Waals surface area contributed by atoms with E-state index in [1.54, 1.807) is 17.0 Å². The van der Waals surface area contributed by atoms with Crippen molar-refractivity contribution in [3.05, 3.63) is 100 Å². The van der Waals surface area contributed by atoms with E-state index in [1.807, 2.05) is 31.2 Å². The molecule has 150 valence electrons. The van der Waals surface area contributed by atoms with Crippen molar-refractivity contribution in [2.24, 2.45) is 0 Å². The third-order valence-corrected chi connectivity index (χ3v) is 5.12. The van der Waals surface area contributed by atoms with Crippen LogP contribution in [-0.2, 0) is 13.1 Å². The summed E-state index contributed by atoms with van der Waals surface area (Å²) in [5.74, 6) is -0.629. The molecule has 2 aromatic carbocycles. The van der Waals surface area contributed by atoms with Gasteiger partial charge in [-0.25, -0.2) is 14.4 Å². The van der Waals surface area contributed by atoms with Crippen LogP contribution in [0.15, 0.2) is 67.1 Å². The van der Waals surface area contributed by atoms with Crippen molar-refractivity contribution in [2.45, 2.75) is 20.0 Å². The highest BCUT2D eigenvalue weighted by Crippen LogP contribution is 2.25. The summed E-state index contributed by atoms with van der Waals surface area (Å²) < 4.78 is 13.3. The SMILES string of the molecule is Cc1cccc2cc(CN(Cc3ccc(F)cc3)C(=O)c3cnccn3)c(Cl)nc12. The van der Waals surface area contributed by atoms with Crippen LogP contribution in [-0.4, -0.2) is 25.8 Å². The number of amides is 1. The van der Waals surface area contributed by atoms with Gasteiger partial charge in [0.05, 0.1) is 11.7 Å². The lowest BCUT2D eigenvalue weighted by molar-refractivity contribution is 0.0723. The quantitative estimate of drug-likeness (QED) is 0.428. The second kappa shape index (κ2) is 8.55. The maximum atomic E-state index is 13.3. The number of hydrogen-bond donors (Lipinski definition) is 0. The summed E-state index contributed by atoms with van der Waals surface area (Å²) in [5.41, 5.74) is 3.58. The lowest BCUT2D eigenvalue weighted by atomic mass is 10.1. The Kier molecular flexibility index (Phi) is 5.68. The summed E-state index contributed by atoms with van der Waals surface area (Å²) in [4.78, 5) is 27.4. The highest BCUT2D eigenvalue weighted by atomic mass is 35.5. The number of aryl methyl sites for hydroxylation is 1. The molecule has 0 unspecified atom stereocenters. The molecule has 0 bridgehead atoms. The van der Waals surface area contributed by atoms with Crippen LogP contribution in [0.2, 0.25) is 5.15 Å². The molecule has 4 rings (SSSR count). The Balaban J connectivity index is 1.70. The number of carbonyl (C=O) groups is 1. The number of fused-ring (bicyclic) bond motifs is 1. The van der Waals surface area contributed by atoms with Gasteiger partial charge in [-0.1, -0.05) is 41.9 Å². The average Bonchev–Trinajstić information content (AvgIpc) is 2.76. The van der Waals surface area contributed by atoms with Crippen molar-refractivity contribution in [1.82, 2.24) is 19.9 Å². The molecule has 0 aliphatic carbocycles. The van der Waals surface area contributed by atoms with Crippen LogP contribution in [0.25, 0.3) is 10.9 Å². The second-order valence-corrected chi connectivity index (χ2v) is 7.32. The zero-order valence-corrected chi connectivity index (χ0v) is 17.0. The Morgan fingerprint density at radius 2 is 1.90 bits per heavy atom. The van der Waals surface area contributed by atoms with E-state index in [0.29, 0.717) is 10.7 Å². The number of halogens is 2. The van der Waals surface area contributed by atoms with Gasteiger partial charge in [0.25, 0.3) is 5.91 Å². The first-order valence-electron chi connectivity index (χ1n) is 9.36. The molecule has 30 heavy (non-hydrogen) atoms. The molecule has 0 saturated carbocycles. The third-order valence-electron chi connectivity index (χ3n) is 4.79. The molecule has 1 amide bonds. The number of para-hydroxylation sites is 1. The van der Waals surface area contributed by atoms with Crippen molar-refractivity contribution in [2.75, 3.05) is 0 Å². The largest absolute Gasteiger partial charge is 0.328 e. The molecule has 0 aliphatic heterocycles. The molecule has 4 aromatic rings. The first-order chi connectivity index (χ1) is 14.5. The first-order valence-corrected chi connectivity index (χ1v) is 9.73. The van der Waals surface area contributed by atoms with Crippen LogP contribution < -0.4 is 0 Å². The Morgan fingerprint density at radius 1 is 1.10 bits per heavy atom. The van der Waals surface area contributed by atoms with Crippen LogP contribution in [0.4, 0.5) is 4.39 Å². The molecule has 0 aliphatic rings.